The maximum Gasteiger partial charge on any atom is 0.234 e. The normalized spacial score (nSPS) is 11.2. The molecule has 0 radical (unpaired) electrons. The van der Waals surface area contributed by atoms with Crippen LogP contribution in [0.5, 0.6) is 0 Å². The second-order valence-corrected chi connectivity index (χ2v) is 7.50. The van der Waals surface area contributed by atoms with E-state index in [0.29, 0.717) is 11.3 Å². The van der Waals surface area contributed by atoms with E-state index < -0.39 is 0 Å². The van der Waals surface area contributed by atoms with Crippen LogP contribution in [-0.4, -0.2) is 31.0 Å². The lowest BCUT2D eigenvalue weighted by Gasteiger charge is -2.05. The fourth-order valence-corrected chi connectivity index (χ4v) is 3.86. The second kappa shape index (κ2) is 7.44. The first kappa shape index (κ1) is 17.5. The molecular formula is C22H17N5OS. The molecule has 3 aromatic heterocycles. The van der Waals surface area contributed by atoms with Crippen molar-refractivity contribution in [1.82, 2.24) is 19.4 Å². The first-order valence-electron chi connectivity index (χ1n) is 9.17. The number of carbonyl (C=O) groups excluding carboxylic acids is 1. The van der Waals surface area contributed by atoms with Gasteiger partial charge in [0.2, 0.25) is 5.91 Å². The number of aromatic amines is 1. The Morgan fingerprint density at radius 1 is 1.00 bits per heavy atom. The number of pyridine rings is 1. The zero-order valence-electron chi connectivity index (χ0n) is 15.4. The van der Waals surface area contributed by atoms with Gasteiger partial charge in [-0.25, -0.2) is 9.97 Å². The van der Waals surface area contributed by atoms with Crippen LogP contribution in [-0.2, 0) is 4.79 Å². The van der Waals surface area contributed by atoms with E-state index in [1.54, 1.807) is 0 Å². The van der Waals surface area contributed by atoms with Crippen LogP contribution in [0.3, 0.4) is 0 Å². The molecule has 6 nitrogen and oxygen atoms in total. The van der Waals surface area contributed by atoms with Crippen molar-refractivity contribution in [3.05, 3.63) is 79.1 Å². The van der Waals surface area contributed by atoms with Crippen LogP contribution in [0.4, 0.5) is 5.69 Å². The molecule has 0 aliphatic rings. The van der Waals surface area contributed by atoms with Crippen molar-refractivity contribution < 1.29 is 4.79 Å². The van der Waals surface area contributed by atoms with Gasteiger partial charge in [0.05, 0.1) is 28.2 Å². The van der Waals surface area contributed by atoms with Gasteiger partial charge < -0.3 is 14.7 Å². The zero-order chi connectivity index (χ0) is 19.6. The Morgan fingerprint density at radius 3 is 2.69 bits per heavy atom. The molecule has 1 amide bonds. The Morgan fingerprint density at radius 2 is 1.83 bits per heavy atom. The number of benzene rings is 2. The van der Waals surface area contributed by atoms with E-state index in [0.717, 1.165) is 27.4 Å². The molecule has 7 heteroatoms. The number of carbonyl (C=O) groups is 1. The maximum atomic E-state index is 12.5. The third-order valence-electron chi connectivity index (χ3n) is 4.53. The van der Waals surface area contributed by atoms with E-state index in [1.165, 1.54) is 11.8 Å². The summed E-state index contributed by atoms with van der Waals surface area (Å²) in [5.41, 5.74) is 5.16. The second-order valence-electron chi connectivity index (χ2n) is 6.54. The van der Waals surface area contributed by atoms with Gasteiger partial charge in [-0.05, 0) is 24.3 Å². The average molecular weight is 399 g/mol. The van der Waals surface area contributed by atoms with Gasteiger partial charge in [-0.15, -0.1) is 0 Å². The minimum atomic E-state index is -0.104. The highest BCUT2D eigenvalue weighted by atomic mass is 32.2. The summed E-state index contributed by atoms with van der Waals surface area (Å²) in [5.74, 6) is 0.153. The lowest BCUT2D eigenvalue weighted by atomic mass is 10.2. The highest BCUT2D eigenvalue weighted by Crippen LogP contribution is 2.24. The van der Waals surface area contributed by atoms with Crippen LogP contribution in [0, 0.1) is 0 Å². The third kappa shape index (κ3) is 3.60. The molecule has 5 aromatic rings. The molecule has 142 valence electrons. The minimum Gasteiger partial charge on any atom is -0.333 e. The molecule has 0 bridgehead atoms. The average Bonchev–Trinajstić information content (AvgIpc) is 3.37. The van der Waals surface area contributed by atoms with E-state index in [1.807, 2.05) is 83.5 Å². The number of anilines is 1. The van der Waals surface area contributed by atoms with Crippen LogP contribution >= 0.6 is 11.8 Å². The summed E-state index contributed by atoms with van der Waals surface area (Å²) in [6.07, 6.45) is 3.89. The Kier molecular flexibility index (Phi) is 4.50. The molecule has 0 unspecified atom stereocenters. The van der Waals surface area contributed by atoms with Crippen molar-refractivity contribution in [2.75, 3.05) is 11.1 Å². The van der Waals surface area contributed by atoms with E-state index in [4.69, 9.17) is 4.98 Å². The number of amides is 1. The van der Waals surface area contributed by atoms with Crippen molar-refractivity contribution in [2.24, 2.45) is 0 Å². The van der Waals surface area contributed by atoms with Crippen LogP contribution < -0.4 is 5.32 Å². The summed E-state index contributed by atoms with van der Waals surface area (Å²) in [4.78, 5) is 24.9. The Hall–Kier alpha value is -3.58. The van der Waals surface area contributed by atoms with Gasteiger partial charge in [-0.2, -0.15) is 0 Å². The summed E-state index contributed by atoms with van der Waals surface area (Å²) in [6.45, 7) is 0. The van der Waals surface area contributed by atoms with Gasteiger partial charge in [-0.3, -0.25) is 4.79 Å². The van der Waals surface area contributed by atoms with Gasteiger partial charge >= 0.3 is 0 Å². The summed E-state index contributed by atoms with van der Waals surface area (Å²) >= 11 is 1.38. The monoisotopic (exact) mass is 399 g/mol. The van der Waals surface area contributed by atoms with Gasteiger partial charge in [0.1, 0.15) is 0 Å². The molecule has 0 aliphatic heterocycles. The van der Waals surface area contributed by atoms with Crippen molar-refractivity contribution in [2.45, 2.75) is 5.16 Å². The number of hydrogen-bond donors (Lipinski definition) is 2. The molecule has 0 saturated carbocycles. The fraction of sp³-hybridized carbons (Fsp3) is 0.0455. The molecule has 2 aromatic carbocycles. The predicted molar refractivity (Wildman–Crippen MR) is 116 cm³/mol. The number of nitrogens with zero attached hydrogens (tertiary/aromatic N) is 3. The van der Waals surface area contributed by atoms with Gasteiger partial charge in [0, 0.05) is 18.0 Å². The van der Waals surface area contributed by atoms with Crippen LogP contribution in [0.15, 0.2) is 84.3 Å². The highest BCUT2D eigenvalue weighted by molar-refractivity contribution is 7.99. The molecule has 0 fully saturated rings. The largest absolute Gasteiger partial charge is 0.333 e. The molecule has 0 atom stereocenters. The van der Waals surface area contributed by atoms with Crippen molar-refractivity contribution in [3.63, 3.8) is 0 Å². The van der Waals surface area contributed by atoms with Crippen molar-refractivity contribution in [3.8, 4) is 11.3 Å². The molecule has 29 heavy (non-hydrogen) atoms. The SMILES string of the molecule is O=C(CSc1nc2ccccc2[nH]1)Nc1cccn2cc(-c3ccccc3)nc12. The molecule has 2 N–H and O–H groups in total. The Balaban J connectivity index is 1.33. The lowest BCUT2D eigenvalue weighted by molar-refractivity contribution is -0.113. The first-order chi connectivity index (χ1) is 14.3. The highest BCUT2D eigenvalue weighted by Gasteiger charge is 2.12. The number of fused-ring (bicyclic) bond motifs is 2. The summed E-state index contributed by atoms with van der Waals surface area (Å²) in [5, 5.41) is 3.70. The van der Waals surface area contributed by atoms with Gasteiger partial charge in [0.25, 0.3) is 0 Å². The minimum absolute atomic E-state index is 0.104. The first-order valence-corrected chi connectivity index (χ1v) is 10.2. The van der Waals surface area contributed by atoms with Crippen LogP contribution in [0.25, 0.3) is 27.9 Å². The number of imidazole rings is 2. The lowest BCUT2D eigenvalue weighted by Crippen LogP contribution is -2.14. The third-order valence-corrected chi connectivity index (χ3v) is 5.41. The number of aromatic nitrogens is 4. The quantitative estimate of drug-likeness (QED) is 0.423. The summed E-state index contributed by atoms with van der Waals surface area (Å²) in [7, 11) is 0. The van der Waals surface area contributed by atoms with Gasteiger partial charge in [0.15, 0.2) is 10.8 Å². The van der Waals surface area contributed by atoms with Crippen molar-refractivity contribution >= 4 is 40.0 Å². The molecular weight excluding hydrogens is 382 g/mol. The van der Waals surface area contributed by atoms with Crippen LogP contribution in [0.2, 0.25) is 0 Å². The number of hydrogen-bond acceptors (Lipinski definition) is 4. The number of nitrogens with one attached hydrogen (secondary N) is 2. The number of thioether (sulfide) groups is 1. The van der Waals surface area contributed by atoms with E-state index in [2.05, 4.69) is 15.3 Å². The molecule has 5 rings (SSSR count). The molecule has 0 spiro atoms. The molecule has 0 saturated heterocycles. The molecule has 3 heterocycles. The van der Waals surface area contributed by atoms with Crippen molar-refractivity contribution in [1.29, 1.82) is 0 Å². The zero-order valence-corrected chi connectivity index (χ0v) is 16.2. The Labute approximate surface area is 171 Å². The predicted octanol–water partition coefficient (Wildman–Crippen LogP) is 4.61. The number of para-hydroxylation sites is 2. The smallest absolute Gasteiger partial charge is 0.234 e. The topological polar surface area (TPSA) is 75.1 Å². The Bertz CT molecular complexity index is 1280. The number of rotatable bonds is 5. The summed E-state index contributed by atoms with van der Waals surface area (Å²) in [6, 6.07) is 21.5. The maximum absolute atomic E-state index is 12.5. The molecule has 0 aliphatic carbocycles. The van der Waals surface area contributed by atoms with E-state index in [-0.39, 0.29) is 11.7 Å². The standard InChI is InChI=1S/C22H17N5OS/c28-20(14-29-22-25-16-9-4-5-10-17(16)26-22)23-18-11-6-12-27-13-19(24-21(18)27)15-7-2-1-3-8-15/h1-13H,14H2,(H,23,28)(H,25,26). The number of H-pyrrole nitrogens is 1. The van der Waals surface area contributed by atoms with E-state index in [9.17, 15) is 4.79 Å². The fourth-order valence-electron chi connectivity index (χ4n) is 3.18. The van der Waals surface area contributed by atoms with Crippen LogP contribution in [0.1, 0.15) is 0 Å². The van der Waals surface area contributed by atoms with Gasteiger partial charge in [-0.1, -0.05) is 54.2 Å². The summed E-state index contributed by atoms with van der Waals surface area (Å²) < 4.78 is 1.92. The van der Waals surface area contributed by atoms with E-state index >= 15 is 0 Å².